The molecule has 3 heterocycles. The molecular weight excluding hydrogens is 392 g/mol. The molecule has 3 aromatic rings. The quantitative estimate of drug-likeness (QED) is 0.487. The van der Waals surface area contributed by atoms with Gasteiger partial charge in [-0.1, -0.05) is 22.9 Å². The van der Waals surface area contributed by atoms with Crippen LogP contribution in [0, 0.1) is 0 Å². The Bertz CT molecular complexity index is 1340. The lowest BCUT2D eigenvalue weighted by atomic mass is 10.1. The fraction of sp³-hybridized carbons (Fsp3) is 0.286. The second-order valence-electron chi connectivity index (χ2n) is 6.75. The van der Waals surface area contributed by atoms with E-state index in [0.29, 0.717) is 27.6 Å². The molecule has 0 aromatic carbocycles. The van der Waals surface area contributed by atoms with Crippen LogP contribution >= 0.6 is 23.1 Å². The molecule has 3 aromatic heterocycles. The van der Waals surface area contributed by atoms with Crippen LogP contribution in [0.5, 0.6) is 0 Å². The maximum absolute atomic E-state index is 12.7. The molecule has 4 rings (SSSR count). The highest BCUT2D eigenvalue weighted by atomic mass is 32.2. The maximum atomic E-state index is 12.7. The Hall–Kier alpha value is -2.38. The number of fused-ring (bicyclic) bond motifs is 2. The number of hydrogen-bond acceptors (Lipinski definition) is 6. The van der Waals surface area contributed by atoms with Crippen molar-refractivity contribution < 1.29 is 4.42 Å². The summed E-state index contributed by atoms with van der Waals surface area (Å²) >= 11 is 2.89. The molecule has 7 heteroatoms. The van der Waals surface area contributed by atoms with Gasteiger partial charge in [-0.15, -0.1) is 11.3 Å². The van der Waals surface area contributed by atoms with E-state index in [1.807, 2.05) is 24.4 Å². The molecule has 0 unspecified atom stereocenters. The lowest BCUT2D eigenvalue weighted by molar-refractivity contribution is 0.471. The summed E-state index contributed by atoms with van der Waals surface area (Å²) in [7, 11) is 0. The Morgan fingerprint density at radius 1 is 1.32 bits per heavy atom. The van der Waals surface area contributed by atoms with Crippen LogP contribution in [0.2, 0.25) is 0 Å². The summed E-state index contributed by atoms with van der Waals surface area (Å²) in [6.07, 6.45) is 4.81. The van der Waals surface area contributed by atoms with E-state index in [1.165, 1.54) is 34.2 Å². The highest BCUT2D eigenvalue weighted by Gasteiger charge is 2.13. The third kappa shape index (κ3) is 3.40. The van der Waals surface area contributed by atoms with Gasteiger partial charge in [0.1, 0.15) is 10.1 Å². The highest BCUT2D eigenvalue weighted by Crippen LogP contribution is 2.23. The fourth-order valence-corrected chi connectivity index (χ4v) is 5.04. The van der Waals surface area contributed by atoms with Crippen LogP contribution in [0.15, 0.2) is 47.8 Å². The predicted molar refractivity (Wildman–Crippen MR) is 115 cm³/mol. The molecule has 0 N–H and O–H groups in total. The number of nitrogens with zero attached hydrogens (tertiary/aromatic N) is 2. The number of aromatic nitrogens is 2. The van der Waals surface area contributed by atoms with Gasteiger partial charge in [-0.25, -0.2) is 9.78 Å². The average Bonchev–Trinajstić information content (AvgIpc) is 3.09. The smallest absolute Gasteiger partial charge is 0.336 e. The molecule has 1 aliphatic rings. The van der Waals surface area contributed by atoms with Gasteiger partial charge in [-0.2, -0.15) is 0 Å². The molecule has 0 amide bonds. The first-order valence-corrected chi connectivity index (χ1v) is 11.0. The number of hydrogen-bond donors (Lipinski definition) is 0. The Morgan fingerprint density at radius 3 is 2.93 bits per heavy atom. The molecule has 28 heavy (non-hydrogen) atoms. The molecule has 0 aliphatic heterocycles. The molecule has 0 atom stereocenters. The third-order valence-electron chi connectivity index (χ3n) is 4.95. The van der Waals surface area contributed by atoms with Gasteiger partial charge in [0, 0.05) is 23.6 Å². The summed E-state index contributed by atoms with van der Waals surface area (Å²) in [6.45, 7) is 6.65. The van der Waals surface area contributed by atoms with Crippen LogP contribution in [0.1, 0.15) is 32.8 Å². The predicted octanol–water partition coefficient (Wildman–Crippen LogP) is 3.02. The van der Waals surface area contributed by atoms with E-state index in [9.17, 15) is 9.59 Å². The van der Waals surface area contributed by atoms with E-state index in [4.69, 9.17) is 4.42 Å². The summed E-state index contributed by atoms with van der Waals surface area (Å²) in [5.74, 6) is 0.534. The van der Waals surface area contributed by atoms with E-state index in [2.05, 4.69) is 24.9 Å². The number of allylic oxidation sites excluding steroid dienone is 2. The van der Waals surface area contributed by atoms with Gasteiger partial charge in [-0.05, 0) is 56.4 Å². The second kappa shape index (κ2) is 7.56. The van der Waals surface area contributed by atoms with Crippen LogP contribution in [0.25, 0.3) is 22.4 Å². The van der Waals surface area contributed by atoms with Crippen LogP contribution < -0.4 is 21.8 Å². The molecule has 0 bridgehead atoms. The zero-order valence-corrected chi connectivity index (χ0v) is 17.6. The summed E-state index contributed by atoms with van der Waals surface area (Å²) in [6, 6.07) is 3.41. The van der Waals surface area contributed by atoms with Gasteiger partial charge in [0.25, 0.3) is 5.56 Å². The second-order valence-corrected chi connectivity index (χ2v) is 8.61. The molecule has 0 spiro atoms. The first kappa shape index (κ1) is 19.0. The monoisotopic (exact) mass is 412 g/mol. The van der Waals surface area contributed by atoms with Crippen molar-refractivity contribution in [2.75, 3.05) is 0 Å². The van der Waals surface area contributed by atoms with Crippen molar-refractivity contribution in [1.82, 2.24) is 9.55 Å². The van der Waals surface area contributed by atoms with E-state index < -0.39 is 0 Å². The maximum Gasteiger partial charge on any atom is 0.336 e. The molecule has 0 radical (unpaired) electrons. The first-order chi connectivity index (χ1) is 13.5. The molecular formula is C21H20N2O3S2. The van der Waals surface area contributed by atoms with Gasteiger partial charge >= 0.3 is 5.63 Å². The van der Waals surface area contributed by atoms with E-state index in [0.717, 1.165) is 22.7 Å². The fourth-order valence-electron chi connectivity index (χ4n) is 3.21. The van der Waals surface area contributed by atoms with Gasteiger partial charge in [0.15, 0.2) is 5.16 Å². The minimum Gasteiger partial charge on any atom is -0.423 e. The van der Waals surface area contributed by atoms with Crippen LogP contribution in [-0.4, -0.2) is 9.55 Å². The lowest BCUT2D eigenvalue weighted by Crippen LogP contribution is -2.32. The topological polar surface area (TPSA) is 65.1 Å². The van der Waals surface area contributed by atoms with E-state index in [-0.39, 0.29) is 11.2 Å². The van der Waals surface area contributed by atoms with Crippen molar-refractivity contribution in [3.63, 3.8) is 0 Å². The number of rotatable bonds is 4. The Kier molecular flexibility index (Phi) is 5.12. The Balaban J connectivity index is 1.80. The van der Waals surface area contributed by atoms with Gasteiger partial charge in [-0.3, -0.25) is 9.36 Å². The third-order valence-corrected chi connectivity index (χ3v) is 6.86. The van der Waals surface area contributed by atoms with Crippen LogP contribution in [-0.2, 0) is 12.3 Å². The van der Waals surface area contributed by atoms with Crippen molar-refractivity contribution in [3.8, 4) is 0 Å². The molecule has 0 saturated carbocycles. The lowest BCUT2D eigenvalue weighted by Gasteiger charge is -2.10. The Labute approximate surface area is 169 Å². The normalized spacial score (nSPS) is 13.8. The molecule has 5 nitrogen and oxygen atoms in total. The average molecular weight is 413 g/mol. The summed E-state index contributed by atoms with van der Waals surface area (Å²) in [5, 5.41) is 3.49. The van der Waals surface area contributed by atoms with Gasteiger partial charge in [0.05, 0.1) is 5.52 Å². The van der Waals surface area contributed by atoms with Crippen molar-refractivity contribution in [2.24, 2.45) is 0 Å². The molecule has 144 valence electrons. The minimum absolute atomic E-state index is 0.00861. The van der Waals surface area contributed by atoms with Crippen molar-refractivity contribution in [3.05, 3.63) is 65.6 Å². The van der Waals surface area contributed by atoms with Crippen LogP contribution in [0.3, 0.4) is 0 Å². The van der Waals surface area contributed by atoms with E-state index >= 15 is 0 Å². The largest absolute Gasteiger partial charge is 0.423 e. The number of thioether (sulfide) groups is 1. The summed E-state index contributed by atoms with van der Waals surface area (Å²) < 4.78 is 7.81. The highest BCUT2D eigenvalue weighted by molar-refractivity contribution is 7.98. The van der Waals surface area contributed by atoms with Crippen LogP contribution in [0.4, 0.5) is 0 Å². The molecule has 0 saturated heterocycles. The molecule has 0 fully saturated rings. The van der Waals surface area contributed by atoms with E-state index in [1.54, 1.807) is 10.6 Å². The minimum atomic E-state index is -0.356. The van der Waals surface area contributed by atoms with Crippen molar-refractivity contribution in [2.45, 2.75) is 44.6 Å². The van der Waals surface area contributed by atoms with Crippen molar-refractivity contribution in [1.29, 1.82) is 0 Å². The van der Waals surface area contributed by atoms with Gasteiger partial charge < -0.3 is 4.42 Å². The molecule has 1 aliphatic carbocycles. The number of thiophene rings is 1. The SMILES string of the molecule is CCn1c(SCc2cc(=O)oc3c2=CC(C)=C(C)CC=3)nc2ccsc2c1=O. The summed E-state index contributed by atoms with van der Waals surface area (Å²) in [4.78, 5) is 29.4. The zero-order valence-electron chi connectivity index (χ0n) is 15.9. The standard InChI is InChI=1S/C21H20N2O3S2/c1-4-23-20(25)19-16(7-8-27-19)22-21(23)28-11-14-10-18(24)26-17-6-5-12(2)13(3)9-15(14)17/h6-10H,4-5,11H2,1-3H3. The zero-order chi connectivity index (χ0) is 19.8. The van der Waals surface area contributed by atoms with Gasteiger partial charge in [0.2, 0.25) is 0 Å². The Morgan fingerprint density at radius 2 is 2.14 bits per heavy atom. The summed E-state index contributed by atoms with van der Waals surface area (Å²) in [5.41, 5.74) is 4.30. The first-order valence-electron chi connectivity index (χ1n) is 9.10. The van der Waals surface area contributed by atoms with Crippen molar-refractivity contribution >= 4 is 45.5 Å².